The molecule has 32 heavy (non-hydrogen) atoms. The normalized spacial score (nSPS) is 15.9. The van der Waals surface area contributed by atoms with Crippen LogP contribution in [-0.4, -0.2) is 77.0 Å². The molecule has 0 aliphatic heterocycles. The number of aliphatic carboxylic acids is 1. The maximum absolute atomic E-state index is 13.0. The number of carboxylic acid groups (broad SMARTS) is 1. The van der Waals surface area contributed by atoms with Crippen molar-refractivity contribution in [2.24, 2.45) is 17.6 Å². The van der Waals surface area contributed by atoms with Gasteiger partial charge in [0, 0.05) is 0 Å². The largest absolute Gasteiger partial charge is 0.480 e. The molecule has 0 fully saturated rings. The maximum Gasteiger partial charge on any atom is 0.326 e. The average molecular weight is 493 g/mol. The van der Waals surface area contributed by atoms with Gasteiger partial charge in [0.05, 0.1) is 6.04 Å². The monoisotopic (exact) mass is 492 g/mol. The highest BCUT2D eigenvalue weighted by molar-refractivity contribution is 7.98. The second-order valence-electron chi connectivity index (χ2n) is 8.17. The van der Waals surface area contributed by atoms with Crippen molar-refractivity contribution in [3.8, 4) is 0 Å². The molecule has 0 heterocycles. The number of nitrogens with two attached hydrogens (primary N) is 1. The van der Waals surface area contributed by atoms with E-state index in [9.17, 15) is 24.3 Å². The third-order valence-corrected chi connectivity index (χ3v) is 6.57. The first-order valence-corrected chi connectivity index (χ1v) is 13.7. The smallest absolute Gasteiger partial charge is 0.326 e. The Morgan fingerprint density at radius 1 is 0.844 bits per heavy atom. The van der Waals surface area contributed by atoms with Gasteiger partial charge in [-0.25, -0.2) is 4.79 Å². The second kappa shape index (κ2) is 16.2. The third kappa shape index (κ3) is 10.9. The van der Waals surface area contributed by atoms with Crippen LogP contribution in [0.3, 0.4) is 0 Å². The van der Waals surface area contributed by atoms with Crippen LogP contribution in [0.15, 0.2) is 0 Å². The molecule has 5 unspecified atom stereocenters. The van der Waals surface area contributed by atoms with Crippen LogP contribution in [0.1, 0.15) is 47.0 Å². The van der Waals surface area contributed by atoms with Crippen LogP contribution >= 0.6 is 23.5 Å². The van der Waals surface area contributed by atoms with Gasteiger partial charge in [0.25, 0.3) is 0 Å². The van der Waals surface area contributed by atoms with Crippen LogP contribution < -0.4 is 21.7 Å². The molecule has 6 N–H and O–H groups in total. The van der Waals surface area contributed by atoms with Crippen LogP contribution in [0.25, 0.3) is 0 Å². The fourth-order valence-corrected chi connectivity index (χ4v) is 3.73. The number of carbonyl (C=O) groups excluding carboxylic acids is 3. The minimum atomic E-state index is -1.12. The average Bonchev–Trinajstić information content (AvgIpc) is 2.75. The first-order valence-electron chi connectivity index (χ1n) is 10.9. The Morgan fingerprint density at radius 2 is 1.28 bits per heavy atom. The predicted octanol–water partition coefficient (Wildman–Crippen LogP) is 1.06. The number of nitrogens with one attached hydrogen (secondary N) is 3. The molecular weight excluding hydrogens is 452 g/mol. The fraction of sp³-hybridized carbons (Fsp3) is 0.810. The maximum atomic E-state index is 13.0. The zero-order valence-corrected chi connectivity index (χ0v) is 21.6. The van der Waals surface area contributed by atoms with Gasteiger partial charge in [-0.1, -0.05) is 34.1 Å². The van der Waals surface area contributed by atoms with E-state index in [-0.39, 0.29) is 11.8 Å². The van der Waals surface area contributed by atoms with Crippen LogP contribution in [0.2, 0.25) is 0 Å². The highest BCUT2D eigenvalue weighted by atomic mass is 32.2. The molecule has 0 aromatic heterocycles. The minimum Gasteiger partial charge on any atom is -0.480 e. The zero-order chi connectivity index (χ0) is 24.8. The van der Waals surface area contributed by atoms with E-state index < -0.39 is 47.9 Å². The van der Waals surface area contributed by atoms with Crippen LogP contribution in [-0.2, 0) is 19.2 Å². The van der Waals surface area contributed by atoms with Crippen molar-refractivity contribution in [3.63, 3.8) is 0 Å². The lowest BCUT2D eigenvalue weighted by Gasteiger charge is -2.26. The van der Waals surface area contributed by atoms with E-state index in [0.717, 1.165) is 0 Å². The molecule has 186 valence electrons. The predicted molar refractivity (Wildman–Crippen MR) is 132 cm³/mol. The number of rotatable bonds is 16. The van der Waals surface area contributed by atoms with E-state index in [2.05, 4.69) is 16.0 Å². The summed E-state index contributed by atoms with van der Waals surface area (Å²) in [5.41, 5.74) is 5.91. The molecule has 0 spiro atoms. The Bertz CT molecular complexity index is 621. The Balaban J connectivity index is 5.46. The molecule has 0 aromatic carbocycles. The lowest BCUT2D eigenvalue weighted by Crippen LogP contribution is -2.58. The van der Waals surface area contributed by atoms with Crippen LogP contribution in [0.5, 0.6) is 0 Å². The Labute approximate surface area is 200 Å². The van der Waals surface area contributed by atoms with Crippen molar-refractivity contribution in [3.05, 3.63) is 0 Å². The first-order chi connectivity index (χ1) is 15.0. The van der Waals surface area contributed by atoms with Crippen molar-refractivity contribution in [2.45, 2.75) is 71.1 Å². The molecule has 3 amide bonds. The molecule has 9 nitrogen and oxygen atoms in total. The van der Waals surface area contributed by atoms with E-state index >= 15 is 0 Å². The Hall–Kier alpha value is -1.46. The lowest BCUT2D eigenvalue weighted by atomic mass is 9.98. The fourth-order valence-electron chi connectivity index (χ4n) is 2.79. The topological polar surface area (TPSA) is 151 Å². The number of amides is 3. The molecule has 0 aromatic rings. The number of carbonyl (C=O) groups is 4. The van der Waals surface area contributed by atoms with Crippen molar-refractivity contribution >= 4 is 47.2 Å². The summed E-state index contributed by atoms with van der Waals surface area (Å²) in [5, 5.41) is 17.5. The Morgan fingerprint density at radius 3 is 1.66 bits per heavy atom. The zero-order valence-electron chi connectivity index (χ0n) is 20.0. The van der Waals surface area contributed by atoms with Gasteiger partial charge in [0.1, 0.15) is 18.1 Å². The van der Waals surface area contributed by atoms with Crippen molar-refractivity contribution in [1.29, 1.82) is 0 Å². The van der Waals surface area contributed by atoms with Gasteiger partial charge in [0.2, 0.25) is 17.7 Å². The summed E-state index contributed by atoms with van der Waals surface area (Å²) in [6.07, 6.45) is 5.07. The summed E-state index contributed by atoms with van der Waals surface area (Å²) in [6, 6.07) is -3.54. The van der Waals surface area contributed by atoms with Gasteiger partial charge in [-0.15, -0.1) is 0 Å². The summed E-state index contributed by atoms with van der Waals surface area (Å²) < 4.78 is 0. The number of hydrogen-bond acceptors (Lipinski definition) is 7. The van der Waals surface area contributed by atoms with Gasteiger partial charge in [-0.2, -0.15) is 23.5 Å². The molecule has 5 atom stereocenters. The van der Waals surface area contributed by atoms with E-state index in [0.29, 0.717) is 30.8 Å². The molecule has 0 bridgehead atoms. The van der Waals surface area contributed by atoms with Crippen molar-refractivity contribution in [2.75, 3.05) is 24.0 Å². The quantitative estimate of drug-likeness (QED) is 0.215. The summed E-state index contributed by atoms with van der Waals surface area (Å²) in [4.78, 5) is 49.9. The van der Waals surface area contributed by atoms with Crippen LogP contribution in [0.4, 0.5) is 0 Å². The summed E-state index contributed by atoms with van der Waals surface area (Å²) in [7, 11) is 0. The number of carboxylic acids is 1. The van der Waals surface area contributed by atoms with Crippen molar-refractivity contribution < 1.29 is 24.3 Å². The summed E-state index contributed by atoms with van der Waals surface area (Å²) >= 11 is 3.05. The highest BCUT2D eigenvalue weighted by Gasteiger charge is 2.31. The summed E-state index contributed by atoms with van der Waals surface area (Å²) in [5.74, 6) is -1.70. The lowest BCUT2D eigenvalue weighted by molar-refractivity contribution is -0.143. The Kier molecular flexibility index (Phi) is 15.5. The first kappa shape index (κ1) is 30.5. The molecule has 11 heteroatoms. The number of thioether (sulfide) groups is 2. The molecular formula is C21H40N4O5S2. The van der Waals surface area contributed by atoms with Gasteiger partial charge in [-0.05, 0) is 48.7 Å². The molecule has 0 saturated heterocycles. The minimum absolute atomic E-state index is 0.0899. The number of hydrogen-bond donors (Lipinski definition) is 5. The van der Waals surface area contributed by atoms with Crippen molar-refractivity contribution in [1.82, 2.24) is 16.0 Å². The molecule has 0 aliphatic carbocycles. The van der Waals surface area contributed by atoms with E-state index in [1.54, 1.807) is 6.92 Å². The second-order valence-corrected chi connectivity index (χ2v) is 10.1. The molecule has 0 saturated carbocycles. The third-order valence-electron chi connectivity index (χ3n) is 5.29. The van der Waals surface area contributed by atoms with Gasteiger partial charge >= 0.3 is 5.97 Å². The van der Waals surface area contributed by atoms with E-state index in [1.807, 2.05) is 33.3 Å². The molecule has 0 rings (SSSR count). The van der Waals surface area contributed by atoms with Crippen LogP contribution in [0, 0.1) is 11.8 Å². The molecule has 0 aliphatic rings. The van der Waals surface area contributed by atoms with E-state index in [1.165, 1.54) is 23.5 Å². The van der Waals surface area contributed by atoms with Gasteiger partial charge < -0.3 is 26.8 Å². The molecule has 0 radical (unpaired) electrons. The van der Waals surface area contributed by atoms with Gasteiger partial charge in [-0.3, -0.25) is 14.4 Å². The van der Waals surface area contributed by atoms with E-state index in [4.69, 9.17) is 5.73 Å². The highest BCUT2D eigenvalue weighted by Crippen LogP contribution is 2.10. The standard InChI is InChI=1S/C21H40N4O5S2/c1-7-13(4)17(21(29)30)25-19(27)15(9-11-32-6)23-18(26)14(8-10-31-5)24-20(28)16(22)12(2)3/h12-17H,7-11,22H2,1-6H3,(H,23,26)(H,24,28)(H,25,27)(H,29,30). The summed E-state index contributed by atoms with van der Waals surface area (Å²) in [6.45, 7) is 7.24. The SMILES string of the molecule is CCC(C)C(NC(=O)C(CCSC)NC(=O)C(CCSC)NC(=O)C(N)C(C)C)C(=O)O. The van der Waals surface area contributed by atoms with Gasteiger partial charge in [0.15, 0.2) is 0 Å².